The number of alkyl halides is 3. The van der Waals surface area contributed by atoms with Gasteiger partial charge in [0.2, 0.25) is 0 Å². The van der Waals surface area contributed by atoms with E-state index in [0.29, 0.717) is 0 Å². The lowest BCUT2D eigenvalue weighted by molar-refractivity contribution is -0.149. The predicted molar refractivity (Wildman–Crippen MR) is 39.0 cm³/mol. The maximum atomic E-state index is 11.6. The van der Waals surface area contributed by atoms with Crippen molar-refractivity contribution < 1.29 is 18.0 Å². The van der Waals surface area contributed by atoms with Crippen LogP contribution in [0.15, 0.2) is 30.3 Å². The number of benzene rings is 1. The summed E-state index contributed by atoms with van der Waals surface area (Å²) in [5, 5.41) is 2.04. The monoisotopic (exact) mass is 188 g/mol. The Morgan fingerprint density at radius 1 is 1.15 bits per heavy atom. The van der Waals surface area contributed by atoms with E-state index in [4.69, 9.17) is 0 Å². The van der Waals surface area contributed by atoms with Crippen LogP contribution in [0, 0.1) is 0 Å². The second-order valence-corrected chi connectivity index (χ2v) is 2.25. The van der Waals surface area contributed by atoms with Crippen molar-refractivity contribution in [3.63, 3.8) is 0 Å². The molecule has 0 N–H and O–H groups in total. The maximum Gasteiger partial charge on any atom is 0.506 e. The molecule has 1 radical (unpaired) electrons. The third-order valence-electron chi connectivity index (χ3n) is 1.25. The number of carbonyl (C=O) groups excluding carboxylic acids is 1. The van der Waals surface area contributed by atoms with E-state index in [2.05, 4.69) is 0 Å². The fourth-order valence-electron chi connectivity index (χ4n) is 0.760. The summed E-state index contributed by atoms with van der Waals surface area (Å²) in [7, 11) is 0. The molecule has 1 amide bonds. The molecule has 0 aliphatic heterocycles. The van der Waals surface area contributed by atoms with Crippen LogP contribution in [0.2, 0.25) is 0 Å². The second-order valence-electron chi connectivity index (χ2n) is 2.25. The van der Waals surface area contributed by atoms with Crippen molar-refractivity contribution >= 4 is 5.91 Å². The van der Waals surface area contributed by atoms with Crippen LogP contribution in [-0.2, 0) is 0 Å². The topological polar surface area (TPSA) is 31.2 Å². The minimum absolute atomic E-state index is 0.0696. The molecule has 0 saturated heterocycles. The van der Waals surface area contributed by atoms with E-state index in [1.165, 1.54) is 24.3 Å². The van der Waals surface area contributed by atoms with Crippen LogP contribution in [0.4, 0.5) is 13.2 Å². The molecule has 0 bridgehead atoms. The molecule has 0 spiro atoms. The molecular formula is C8H5F3NO. The Kier molecular flexibility index (Phi) is 2.55. The summed E-state index contributed by atoms with van der Waals surface area (Å²) in [6.45, 7) is 0. The average Bonchev–Trinajstić information content (AvgIpc) is 2.03. The van der Waals surface area contributed by atoms with Crippen LogP contribution < -0.4 is 5.32 Å². The Balaban J connectivity index is 2.71. The van der Waals surface area contributed by atoms with E-state index in [1.807, 2.05) is 5.32 Å². The largest absolute Gasteiger partial charge is 0.506 e. The molecule has 2 nitrogen and oxygen atoms in total. The molecule has 0 unspecified atom stereocenters. The number of hydrogen-bond acceptors (Lipinski definition) is 1. The Labute approximate surface area is 72.4 Å². The molecule has 0 fully saturated rings. The molecule has 1 aromatic carbocycles. The normalized spacial score (nSPS) is 11.0. The van der Waals surface area contributed by atoms with Gasteiger partial charge in [0, 0.05) is 5.56 Å². The fraction of sp³-hybridized carbons (Fsp3) is 0.125. The maximum absolute atomic E-state index is 11.6. The van der Waals surface area contributed by atoms with E-state index in [-0.39, 0.29) is 5.56 Å². The summed E-state index contributed by atoms with van der Waals surface area (Å²) in [6.07, 6.45) is -4.80. The Morgan fingerprint density at radius 2 is 1.69 bits per heavy atom. The van der Waals surface area contributed by atoms with Crippen molar-refractivity contribution in [3.8, 4) is 0 Å². The molecule has 69 valence electrons. The fourth-order valence-corrected chi connectivity index (χ4v) is 0.760. The van der Waals surface area contributed by atoms with E-state index in [0.717, 1.165) is 0 Å². The summed E-state index contributed by atoms with van der Waals surface area (Å²) in [6, 6.07) is 7.10. The van der Waals surface area contributed by atoms with Gasteiger partial charge in [-0.1, -0.05) is 18.2 Å². The van der Waals surface area contributed by atoms with Gasteiger partial charge in [-0.3, -0.25) is 4.79 Å². The second kappa shape index (κ2) is 3.47. The highest BCUT2D eigenvalue weighted by Gasteiger charge is 2.33. The van der Waals surface area contributed by atoms with Crippen molar-refractivity contribution in [1.29, 1.82) is 0 Å². The van der Waals surface area contributed by atoms with Crippen molar-refractivity contribution in [2.75, 3.05) is 0 Å². The Bertz CT molecular complexity index is 294. The molecular weight excluding hydrogens is 183 g/mol. The SMILES string of the molecule is O=C([N]C(F)(F)F)c1ccccc1. The average molecular weight is 188 g/mol. The van der Waals surface area contributed by atoms with Crippen LogP contribution in [0.1, 0.15) is 10.4 Å². The third-order valence-corrected chi connectivity index (χ3v) is 1.25. The first-order valence-electron chi connectivity index (χ1n) is 3.38. The third kappa shape index (κ3) is 3.14. The van der Waals surface area contributed by atoms with Crippen molar-refractivity contribution in [3.05, 3.63) is 35.9 Å². The van der Waals surface area contributed by atoms with Gasteiger partial charge in [0.25, 0.3) is 5.91 Å². The van der Waals surface area contributed by atoms with Gasteiger partial charge in [-0.2, -0.15) is 0 Å². The molecule has 5 heteroatoms. The quantitative estimate of drug-likeness (QED) is 0.619. The summed E-state index contributed by atoms with van der Waals surface area (Å²) >= 11 is 0. The van der Waals surface area contributed by atoms with Crippen LogP contribution >= 0.6 is 0 Å². The highest BCUT2D eigenvalue weighted by atomic mass is 19.4. The Morgan fingerprint density at radius 3 is 2.15 bits per heavy atom. The lowest BCUT2D eigenvalue weighted by Crippen LogP contribution is -2.29. The number of rotatable bonds is 1. The first-order chi connectivity index (χ1) is 5.99. The molecule has 0 aliphatic rings. The zero-order valence-electron chi connectivity index (χ0n) is 6.38. The van der Waals surface area contributed by atoms with E-state index >= 15 is 0 Å². The van der Waals surface area contributed by atoms with E-state index < -0.39 is 12.2 Å². The minimum atomic E-state index is -4.80. The van der Waals surface area contributed by atoms with Gasteiger partial charge in [0.1, 0.15) is 0 Å². The molecule has 0 aromatic heterocycles. The van der Waals surface area contributed by atoms with E-state index in [1.54, 1.807) is 6.07 Å². The predicted octanol–water partition coefficient (Wildman–Crippen LogP) is 1.95. The van der Waals surface area contributed by atoms with Gasteiger partial charge in [-0.15, -0.1) is 18.5 Å². The van der Waals surface area contributed by atoms with Crippen molar-refractivity contribution in [2.45, 2.75) is 6.30 Å². The lowest BCUT2D eigenvalue weighted by atomic mass is 10.2. The molecule has 1 rings (SSSR count). The zero-order valence-corrected chi connectivity index (χ0v) is 6.38. The zero-order chi connectivity index (χ0) is 9.90. The van der Waals surface area contributed by atoms with Crippen molar-refractivity contribution in [1.82, 2.24) is 5.32 Å². The van der Waals surface area contributed by atoms with Crippen molar-refractivity contribution in [2.24, 2.45) is 0 Å². The van der Waals surface area contributed by atoms with Crippen LogP contribution in [0.3, 0.4) is 0 Å². The van der Waals surface area contributed by atoms with Gasteiger partial charge in [-0.25, -0.2) is 0 Å². The Hall–Kier alpha value is -1.52. The van der Waals surface area contributed by atoms with Crippen LogP contribution in [-0.4, -0.2) is 12.2 Å². The lowest BCUT2D eigenvalue weighted by Gasteiger charge is -2.04. The summed E-state index contributed by atoms with van der Waals surface area (Å²) in [5.41, 5.74) is -0.0696. The van der Waals surface area contributed by atoms with Crippen LogP contribution in [0.5, 0.6) is 0 Å². The number of halogens is 3. The number of nitrogens with zero attached hydrogens (tertiary/aromatic N) is 1. The molecule has 0 heterocycles. The highest BCUT2D eigenvalue weighted by Crippen LogP contribution is 2.13. The van der Waals surface area contributed by atoms with Gasteiger partial charge in [-0.05, 0) is 12.1 Å². The van der Waals surface area contributed by atoms with Crippen LogP contribution in [0.25, 0.3) is 0 Å². The number of amides is 1. The smallest absolute Gasteiger partial charge is 0.267 e. The molecule has 0 saturated carbocycles. The summed E-state index contributed by atoms with van der Waals surface area (Å²) in [5.74, 6) is -1.27. The number of carbonyl (C=O) groups is 1. The standard InChI is InChI=1S/C8H5F3NO/c9-8(10,11)12-7(13)6-4-2-1-3-5-6/h1-5H. The van der Waals surface area contributed by atoms with Gasteiger partial charge >= 0.3 is 6.30 Å². The number of hydrogen-bond donors (Lipinski definition) is 0. The molecule has 0 aliphatic carbocycles. The highest BCUT2D eigenvalue weighted by molar-refractivity contribution is 5.94. The molecule has 1 aromatic rings. The van der Waals surface area contributed by atoms with E-state index in [9.17, 15) is 18.0 Å². The van der Waals surface area contributed by atoms with Gasteiger partial charge in [0.15, 0.2) is 0 Å². The minimum Gasteiger partial charge on any atom is -0.267 e. The molecule has 13 heavy (non-hydrogen) atoms. The summed E-state index contributed by atoms with van der Waals surface area (Å²) < 4.78 is 34.8. The summed E-state index contributed by atoms with van der Waals surface area (Å²) in [4.78, 5) is 10.8. The first kappa shape index (κ1) is 9.57. The first-order valence-corrected chi connectivity index (χ1v) is 3.38. The van der Waals surface area contributed by atoms with Gasteiger partial charge in [0.05, 0.1) is 0 Å². The molecule has 0 atom stereocenters. The van der Waals surface area contributed by atoms with Gasteiger partial charge < -0.3 is 0 Å².